The lowest BCUT2D eigenvalue weighted by atomic mass is 10.0. The number of morpholine rings is 1. The molecule has 3 aromatic rings. The van der Waals surface area contributed by atoms with Gasteiger partial charge in [0.2, 0.25) is 0 Å². The van der Waals surface area contributed by atoms with Gasteiger partial charge >= 0.3 is 0 Å². The number of methoxy groups -OCH3 is 1. The van der Waals surface area contributed by atoms with Crippen LogP contribution in [0, 0.1) is 0 Å². The maximum atomic E-state index is 13.8. The van der Waals surface area contributed by atoms with Gasteiger partial charge in [-0.2, -0.15) is 5.10 Å². The summed E-state index contributed by atoms with van der Waals surface area (Å²) in [7, 11) is -0.695. The lowest BCUT2D eigenvalue weighted by Gasteiger charge is -2.31. The molecular weight excluding hydrogens is 500 g/mol. The molecule has 4 heterocycles. The highest BCUT2D eigenvalue weighted by atomic mass is 32.2. The summed E-state index contributed by atoms with van der Waals surface area (Å²) in [6.07, 6.45) is 4.17. The van der Waals surface area contributed by atoms with Crippen molar-refractivity contribution in [3.8, 4) is 16.9 Å². The van der Waals surface area contributed by atoms with E-state index in [0.29, 0.717) is 43.7 Å². The summed E-state index contributed by atoms with van der Waals surface area (Å²) in [6, 6.07) is 16.1. The summed E-state index contributed by atoms with van der Waals surface area (Å²) in [6.45, 7) is 4.92. The minimum atomic E-state index is -2.49. The first-order chi connectivity index (χ1) is 18.4. The SMILES string of the molecule is COC1CCN(Cc2cccc(-n3nc(C(=O)N4CCOCC4)c4c3-c3ccccc3S(C)(=O)=C4)c2)CC1. The van der Waals surface area contributed by atoms with Crippen molar-refractivity contribution >= 4 is 20.8 Å². The Kier molecular flexibility index (Phi) is 6.86. The number of carbonyl (C=O) groups excluding carboxylic acids is 1. The largest absolute Gasteiger partial charge is 0.381 e. The van der Waals surface area contributed by atoms with Gasteiger partial charge in [-0.05, 0) is 36.6 Å². The first-order valence-corrected chi connectivity index (χ1v) is 15.3. The Morgan fingerprint density at radius 2 is 1.84 bits per heavy atom. The highest BCUT2D eigenvalue weighted by molar-refractivity contribution is 8.01. The summed E-state index contributed by atoms with van der Waals surface area (Å²) < 4.78 is 26.6. The molecule has 6 rings (SSSR count). The standard InChI is InChI=1S/C29H34N4O4S/c1-36-23-10-12-31(13-11-23)19-21-6-5-7-22(18-21)33-28-24-8-3-4-9-26(24)38(2,35)20-25(28)27(30-33)29(34)32-14-16-37-17-15-32/h3-9,18,20,23H,10-17,19H2,1-2H3. The second-order valence-electron chi connectivity index (χ2n) is 10.3. The van der Waals surface area contributed by atoms with Crippen LogP contribution in [0.2, 0.25) is 0 Å². The van der Waals surface area contributed by atoms with Crippen LogP contribution in [0.3, 0.4) is 0 Å². The number of nitrogens with zero attached hydrogens (tertiary/aromatic N) is 4. The molecule has 8 nitrogen and oxygen atoms in total. The van der Waals surface area contributed by atoms with Crippen molar-refractivity contribution in [2.24, 2.45) is 0 Å². The number of likely N-dealkylation sites (tertiary alicyclic amines) is 1. The van der Waals surface area contributed by atoms with E-state index in [4.69, 9.17) is 14.6 Å². The number of hydrogen-bond donors (Lipinski definition) is 0. The van der Waals surface area contributed by atoms with Crippen molar-refractivity contribution in [2.45, 2.75) is 30.4 Å². The first-order valence-electron chi connectivity index (χ1n) is 13.2. The van der Waals surface area contributed by atoms with Gasteiger partial charge in [-0.3, -0.25) is 13.9 Å². The Morgan fingerprint density at radius 1 is 1.08 bits per heavy atom. The molecule has 1 atom stereocenters. The lowest BCUT2D eigenvalue weighted by Crippen LogP contribution is -2.41. The Labute approximate surface area is 224 Å². The summed E-state index contributed by atoms with van der Waals surface area (Å²) in [5, 5.41) is 6.66. The van der Waals surface area contributed by atoms with Crippen molar-refractivity contribution in [3.05, 3.63) is 65.4 Å². The van der Waals surface area contributed by atoms with Crippen molar-refractivity contribution in [1.82, 2.24) is 19.6 Å². The third kappa shape index (κ3) is 4.68. The van der Waals surface area contributed by atoms with Crippen LogP contribution in [0.25, 0.3) is 16.9 Å². The van der Waals surface area contributed by atoms with E-state index in [1.807, 2.05) is 41.1 Å². The van der Waals surface area contributed by atoms with Crippen LogP contribution in [-0.4, -0.2) is 93.9 Å². The fourth-order valence-electron chi connectivity index (χ4n) is 5.71. The molecule has 200 valence electrons. The molecular formula is C29H34N4O4S. The monoisotopic (exact) mass is 534 g/mol. The number of amides is 1. The van der Waals surface area contributed by atoms with E-state index in [0.717, 1.165) is 54.3 Å². The maximum absolute atomic E-state index is 13.8. The molecule has 1 aromatic heterocycles. The highest BCUT2D eigenvalue weighted by Gasteiger charge is 2.33. The smallest absolute Gasteiger partial charge is 0.275 e. The number of piperidine rings is 1. The predicted octanol–water partition coefficient (Wildman–Crippen LogP) is 3.06. The van der Waals surface area contributed by atoms with Crippen molar-refractivity contribution in [3.63, 3.8) is 0 Å². The van der Waals surface area contributed by atoms with Crippen LogP contribution in [-0.2, 0) is 25.5 Å². The number of benzene rings is 2. The summed E-state index contributed by atoms with van der Waals surface area (Å²) >= 11 is 0. The zero-order valence-corrected chi connectivity index (χ0v) is 22.8. The molecule has 2 fully saturated rings. The molecule has 0 N–H and O–H groups in total. The van der Waals surface area contributed by atoms with Crippen LogP contribution in [0.1, 0.15) is 34.5 Å². The molecule has 3 aliphatic rings. The number of fused-ring (bicyclic) bond motifs is 3. The highest BCUT2D eigenvalue weighted by Crippen LogP contribution is 2.37. The van der Waals surface area contributed by atoms with Gasteiger partial charge in [-0.1, -0.05) is 30.3 Å². The first kappa shape index (κ1) is 25.3. The van der Waals surface area contributed by atoms with Gasteiger partial charge in [-0.15, -0.1) is 0 Å². The Bertz CT molecular complexity index is 1480. The van der Waals surface area contributed by atoms with E-state index < -0.39 is 9.52 Å². The second-order valence-corrected chi connectivity index (χ2v) is 12.8. The zero-order chi connectivity index (χ0) is 26.3. The van der Waals surface area contributed by atoms with Gasteiger partial charge in [0.05, 0.1) is 30.7 Å². The van der Waals surface area contributed by atoms with Gasteiger partial charge in [0, 0.05) is 77.0 Å². The third-order valence-corrected chi connectivity index (χ3v) is 9.69. The van der Waals surface area contributed by atoms with Gasteiger partial charge in [-0.25, -0.2) is 4.68 Å². The Hall–Kier alpha value is -2.98. The quantitative estimate of drug-likeness (QED) is 0.469. The number of carbonyl (C=O) groups is 1. The molecule has 1 unspecified atom stereocenters. The fraction of sp³-hybridized carbons (Fsp3) is 0.414. The number of ether oxygens (including phenoxy) is 2. The minimum Gasteiger partial charge on any atom is -0.381 e. The summed E-state index contributed by atoms with van der Waals surface area (Å²) in [4.78, 5) is 18.7. The summed E-state index contributed by atoms with van der Waals surface area (Å²) in [5.41, 5.74) is 4.75. The van der Waals surface area contributed by atoms with E-state index in [1.165, 1.54) is 5.56 Å². The van der Waals surface area contributed by atoms with Crippen LogP contribution in [0.15, 0.2) is 53.4 Å². The van der Waals surface area contributed by atoms with Crippen molar-refractivity contribution in [1.29, 1.82) is 0 Å². The van der Waals surface area contributed by atoms with E-state index in [1.54, 1.807) is 23.6 Å². The van der Waals surface area contributed by atoms with Crippen LogP contribution >= 0.6 is 0 Å². The van der Waals surface area contributed by atoms with E-state index in [9.17, 15) is 9.00 Å². The number of rotatable bonds is 5. The van der Waals surface area contributed by atoms with Gasteiger partial charge < -0.3 is 14.4 Å². The predicted molar refractivity (Wildman–Crippen MR) is 149 cm³/mol. The molecule has 0 spiro atoms. The van der Waals surface area contributed by atoms with Gasteiger partial charge in [0.1, 0.15) is 0 Å². The Morgan fingerprint density at radius 3 is 2.61 bits per heavy atom. The zero-order valence-electron chi connectivity index (χ0n) is 22.0. The lowest BCUT2D eigenvalue weighted by molar-refractivity contribution is 0.0298. The number of aromatic nitrogens is 2. The van der Waals surface area contributed by atoms with Crippen LogP contribution < -0.4 is 0 Å². The molecule has 3 aliphatic heterocycles. The average Bonchev–Trinajstić information content (AvgIpc) is 3.32. The van der Waals surface area contributed by atoms with E-state index in [-0.39, 0.29) is 5.91 Å². The molecule has 0 aliphatic carbocycles. The normalized spacial score (nSPS) is 22.0. The minimum absolute atomic E-state index is 0.147. The second kappa shape index (κ2) is 10.3. The average molecular weight is 535 g/mol. The Balaban J connectivity index is 1.43. The molecule has 0 saturated carbocycles. The molecule has 2 saturated heterocycles. The maximum Gasteiger partial charge on any atom is 0.275 e. The third-order valence-electron chi connectivity index (χ3n) is 7.77. The summed E-state index contributed by atoms with van der Waals surface area (Å²) in [5.74, 6) is -0.147. The molecule has 9 heteroatoms. The molecule has 2 aromatic carbocycles. The van der Waals surface area contributed by atoms with Crippen molar-refractivity contribution in [2.75, 3.05) is 52.8 Å². The van der Waals surface area contributed by atoms with E-state index in [2.05, 4.69) is 17.0 Å². The molecule has 1 amide bonds. The van der Waals surface area contributed by atoms with E-state index >= 15 is 0 Å². The van der Waals surface area contributed by atoms with Gasteiger partial charge in [0.15, 0.2) is 5.69 Å². The fourth-order valence-corrected chi connectivity index (χ4v) is 7.46. The molecule has 0 radical (unpaired) electrons. The topological polar surface area (TPSA) is 76.9 Å². The molecule has 0 bridgehead atoms. The van der Waals surface area contributed by atoms with Crippen LogP contribution in [0.4, 0.5) is 0 Å². The van der Waals surface area contributed by atoms with Crippen LogP contribution in [0.5, 0.6) is 0 Å². The van der Waals surface area contributed by atoms with Crippen molar-refractivity contribution < 1.29 is 18.5 Å². The number of hydrogen-bond acceptors (Lipinski definition) is 6. The molecule has 38 heavy (non-hydrogen) atoms. The van der Waals surface area contributed by atoms with Gasteiger partial charge in [0.25, 0.3) is 5.91 Å².